The maximum absolute atomic E-state index is 11.5. The summed E-state index contributed by atoms with van der Waals surface area (Å²) in [6, 6.07) is 1.56. The lowest BCUT2D eigenvalue weighted by Gasteiger charge is -2.16. The highest BCUT2D eigenvalue weighted by Gasteiger charge is 2.15. The molecule has 0 aliphatic heterocycles. The molecule has 0 saturated heterocycles. The summed E-state index contributed by atoms with van der Waals surface area (Å²) in [5, 5.41) is 3.62. The fourth-order valence-electron chi connectivity index (χ4n) is 1.21. The van der Waals surface area contributed by atoms with Gasteiger partial charge in [-0.05, 0) is 23.9 Å². The van der Waals surface area contributed by atoms with Crippen molar-refractivity contribution in [1.82, 2.24) is 10.4 Å². The number of nitrogens with one attached hydrogen (secondary N) is 1. The highest BCUT2D eigenvalue weighted by molar-refractivity contribution is 7.10. The Labute approximate surface area is 94.0 Å². The highest BCUT2D eigenvalue weighted by Crippen LogP contribution is 2.16. The van der Waals surface area contributed by atoms with Gasteiger partial charge in [0.05, 0.1) is 6.04 Å². The van der Waals surface area contributed by atoms with Crippen molar-refractivity contribution in [2.24, 2.45) is 5.73 Å². The molecule has 0 fully saturated rings. The molecule has 0 bridgehead atoms. The Balaban J connectivity index is 2.52. The van der Waals surface area contributed by atoms with E-state index in [1.807, 2.05) is 18.4 Å². The standard InChI is InChI=1S/C10H17N3OS/c1-7-4-5-15-9(7)6-8(11)10(14)12-13(2)3/h4-5,8H,6,11H2,1-3H3,(H,12,14). The molecule has 0 radical (unpaired) electrons. The molecule has 5 heteroatoms. The lowest BCUT2D eigenvalue weighted by Crippen LogP contribution is -2.47. The first kappa shape index (κ1) is 12.2. The summed E-state index contributed by atoms with van der Waals surface area (Å²) in [5.74, 6) is -0.146. The van der Waals surface area contributed by atoms with E-state index < -0.39 is 6.04 Å². The minimum atomic E-state index is -0.482. The topological polar surface area (TPSA) is 58.4 Å². The molecule has 1 atom stereocenters. The summed E-state index contributed by atoms with van der Waals surface area (Å²) < 4.78 is 0. The number of carbonyl (C=O) groups excluding carboxylic acids is 1. The third-order valence-electron chi connectivity index (χ3n) is 2.04. The van der Waals surface area contributed by atoms with E-state index in [2.05, 4.69) is 5.43 Å². The van der Waals surface area contributed by atoms with E-state index in [4.69, 9.17) is 5.73 Å². The van der Waals surface area contributed by atoms with Crippen LogP contribution in [0.25, 0.3) is 0 Å². The van der Waals surface area contributed by atoms with Gasteiger partial charge in [0.15, 0.2) is 0 Å². The van der Waals surface area contributed by atoms with Gasteiger partial charge < -0.3 is 5.73 Å². The molecule has 0 spiro atoms. The van der Waals surface area contributed by atoms with Crippen LogP contribution in [-0.4, -0.2) is 31.1 Å². The number of hydrogen-bond donors (Lipinski definition) is 2. The Morgan fingerprint density at radius 2 is 2.33 bits per heavy atom. The van der Waals surface area contributed by atoms with Crippen LogP contribution in [0.15, 0.2) is 11.4 Å². The second-order valence-electron chi connectivity index (χ2n) is 3.71. The zero-order chi connectivity index (χ0) is 11.4. The van der Waals surface area contributed by atoms with Gasteiger partial charge in [0.2, 0.25) is 0 Å². The number of hydrogen-bond acceptors (Lipinski definition) is 4. The summed E-state index contributed by atoms with van der Waals surface area (Å²) in [6.45, 7) is 2.03. The number of amides is 1. The molecule has 0 aliphatic rings. The van der Waals surface area contributed by atoms with E-state index in [-0.39, 0.29) is 5.91 Å². The van der Waals surface area contributed by atoms with Crippen LogP contribution in [0.1, 0.15) is 10.4 Å². The van der Waals surface area contributed by atoms with E-state index >= 15 is 0 Å². The van der Waals surface area contributed by atoms with Crippen LogP contribution in [0.2, 0.25) is 0 Å². The maximum Gasteiger partial charge on any atom is 0.251 e. The molecule has 15 heavy (non-hydrogen) atoms. The van der Waals surface area contributed by atoms with Gasteiger partial charge in [-0.15, -0.1) is 11.3 Å². The lowest BCUT2D eigenvalue weighted by molar-refractivity contribution is -0.126. The summed E-state index contributed by atoms with van der Waals surface area (Å²) in [5.41, 5.74) is 9.64. The molecule has 1 heterocycles. The normalized spacial score (nSPS) is 12.9. The zero-order valence-corrected chi connectivity index (χ0v) is 10.1. The van der Waals surface area contributed by atoms with Gasteiger partial charge in [0.1, 0.15) is 0 Å². The van der Waals surface area contributed by atoms with Gasteiger partial charge in [0, 0.05) is 25.4 Å². The second kappa shape index (κ2) is 5.25. The van der Waals surface area contributed by atoms with E-state index in [0.717, 1.165) is 0 Å². The predicted molar refractivity (Wildman–Crippen MR) is 62.6 cm³/mol. The monoisotopic (exact) mass is 227 g/mol. The third kappa shape index (κ3) is 3.62. The second-order valence-corrected chi connectivity index (χ2v) is 4.71. The fraction of sp³-hybridized carbons (Fsp3) is 0.500. The van der Waals surface area contributed by atoms with Crippen LogP contribution >= 0.6 is 11.3 Å². The summed E-state index contributed by atoms with van der Waals surface area (Å²) in [4.78, 5) is 12.7. The van der Waals surface area contributed by atoms with Gasteiger partial charge in [-0.1, -0.05) is 0 Å². The molecule has 1 aromatic rings. The number of hydrazine groups is 1. The van der Waals surface area contributed by atoms with Crippen molar-refractivity contribution in [3.05, 3.63) is 21.9 Å². The van der Waals surface area contributed by atoms with Gasteiger partial charge in [-0.2, -0.15) is 0 Å². The van der Waals surface area contributed by atoms with E-state index in [1.165, 1.54) is 10.4 Å². The number of nitrogens with zero attached hydrogens (tertiary/aromatic N) is 1. The molecule has 1 aromatic heterocycles. The molecule has 0 aromatic carbocycles. The largest absolute Gasteiger partial charge is 0.320 e. The molecular weight excluding hydrogens is 210 g/mol. The van der Waals surface area contributed by atoms with Gasteiger partial charge in [-0.3, -0.25) is 10.2 Å². The summed E-state index contributed by atoms with van der Waals surface area (Å²) in [7, 11) is 3.53. The number of nitrogens with two attached hydrogens (primary N) is 1. The Morgan fingerprint density at radius 1 is 1.67 bits per heavy atom. The Hall–Kier alpha value is -0.910. The van der Waals surface area contributed by atoms with Crippen LogP contribution in [0.3, 0.4) is 0 Å². The molecule has 3 N–H and O–H groups in total. The third-order valence-corrected chi connectivity index (χ3v) is 3.09. The molecule has 0 saturated carbocycles. The summed E-state index contributed by atoms with van der Waals surface area (Å²) in [6.07, 6.45) is 0.600. The van der Waals surface area contributed by atoms with Crippen molar-refractivity contribution in [2.45, 2.75) is 19.4 Å². The highest BCUT2D eigenvalue weighted by atomic mass is 32.1. The average molecular weight is 227 g/mol. The van der Waals surface area contributed by atoms with Gasteiger partial charge >= 0.3 is 0 Å². The van der Waals surface area contributed by atoms with Crippen molar-refractivity contribution in [1.29, 1.82) is 0 Å². The molecule has 84 valence electrons. The molecule has 0 aliphatic carbocycles. The van der Waals surface area contributed by atoms with Crippen LogP contribution in [-0.2, 0) is 11.2 Å². The predicted octanol–water partition coefficient (Wildman–Crippen LogP) is 0.519. The van der Waals surface area contributed by atoms with E-state index in [1.54, 1.807) is 30.4 Å². The fourth-order valence-corrected chi connectivity index (χ4v) is 2.18. The molecule has 1 rings (SSSR count). The van der Waals surface area contributed by atoms with Gasteiger partial charge in [-0.25, -0.2) is 5.01 Å². The smallest absolute Gasteiger partial charge is 0.251 e. The summed E-state index contributed by atoms with van der Waals surface area (Å²) >= 11 is 1.64. The first-order valence-corrected chi connectivity index (χ1v) is 5.65. The minimum Gasteiger partial charge on any atom is -0.320 e. The van der Waals surface area contributed by atoms with Crippen LogP contribution < -0.4 is 11.2 Å². The van der Waals surface area contributed by atoms with Crippen LogP contribution in [0, 0.1) is 6.92 Å². The van der Waals surface area contributed by atoms with Crippen molar-refractivity contribution in [3.63, 3.8) is 0 Å². The van der Waals surface area contributed by atoms with Gasteiger partial charge in [0.25, 0.3) is 5.91 Å². The number of rotatable bonds is 4. The number of aryl methyl sites for hydroxylation is 1. The zero-order valence-electron chi connectivity index (χ0n) is 9.28. The SMILES string of the molecule is Cc1ccsc1CC(N)C(=O)NN(C)C. The first-order chi connectivity index (χ1) is 7.00. The quantitative estimate of drug-likeness (QED) is 0.737. The molecular formula is C10H17N3OS. The average Bonchev–Trinajstić information content (AvgIpc) is 2.50. The number of thiophene rings is 1. The van der Waals surface area contributed by atoms with Crippen molar-refractivity contribution in [2.75, 3.05) is 14.1 Å². The first-order valence-electron chi connectivity index (χ1n) is 4.77. The molecule has 1 amide bonds. The molecule has 1 unspecified atom stereocenters. The molecule has 4 nitrogen and oxygen atoms in total. The van der Waals surface area contributed by atoms with Crippen molar-refractivity contribution in [3.8, 4) is 0 Å². The van der Waals surface area contributed by atoms with Crippen LogP contribution in [0.5, 0.6) is 0 Å². The minimum absolute atomic E-state index is 0.146. The van der Waals surface area contributed by atoms with Crippen molar-refractivity contribution < 1.29 is 4.79 Å². The van der Waals surface area contributed by atoms with E-state index in [9.17, 15) is 4.79 Å². The van der Waals surface area contributed by atoms with E-state index in [0.29, 0.717) is 6.42 Å². The Bertz CT molecular complexity index is 335. The Kier molecular flexibility index (Phi) is 4.26. The maximum atomic E-state index is 11.5. The number of carbonyl (C=O) groups is 1. The van der Waals surface area contributed by atoms with Crippen molar-refractivity contribution >= 4 is 17.2 Å². The lowest BCUT2D eigenvalue weighted by atomic mass is 10.1. The van der Waals surface area contributed by atoms with Crippen LogP contribution in [0.4, 0.5) is 0 Å². The Morgan fingerprint density at radius 3 is 2.80 bits per heavy atom.